The number of amides is 2. The maximum absolute atomic E-state index is 13.3. The molecular formula is C24H30BrFN2O3. The molecule has 5 nitrogen and oxygen atoms in total. The summed E-state index contributed by atoms with van der Waals surface area (Å²) in [5, 5.41) is 2.95. The van der Waals surface area contributed by atoms with Gasteiger partial charge in [-0.2, -0.15) is 0 Å². The quantitative estimate of drug-likeness (QED) is 0.564. The number of carbonyl (C=O) groups is 2. The number of halogens is 2. The van der Waals surface area contributed by atoms with E-state index in [1.54, 1.807) is 18.2 Å². The largest absolute Gasteiger partial charge is 0.484 e. The van der Waals surface area contributed by atoms with Gasteiger partial charge in [-0.05, 0) is 75.6 Å². The summed E-state index contributed by atoms with van der Waals surface area (Å²) >= 11 is 3.44. The van der Waals surface area contributed by atoms with Gasteiger partial charge in [0.15, 0.2) is 6.61 Å². The monoisotopic (exact) mass is 492 g/mol. The molecule has 31 heavy (non-hydrogen) atoms. The maximum Gasteiger partial charge on any atom is 0.261 e. The first-order valence-corrected chi connectivity index (χ1v) is 11.0. The predicted octanol–water partition coefficient (Wildman–Crippen LogP) is 5.00. The van der Waals surface area contributed by atoms with Crippen LogP contribution < -0.4 is 10.1 Å². The number of hydrogen-bond donors (Lipinski definition) is 1. The molecule has 0 spiro atoms. The topological polar surface area (TPSA) is 58.6 Å². The Morgan fingerprint density at radius 2 is 1.81 bits per heavy atom. The van der Waals surface area contributed by atoms with E-state index in [1.165, 1.54) is 17.0 Å². The number of hydrogen-bond acceptors (Lipinski definition) is 3. The van der Waals surface area contributed by atoms with Crippen molar-refractivity contribution in [3.63, 3.8) is 0 Å². The summed E-state index contributed by atoms with van der Waals surface area (Å²) in [6.45, 7) is 9.44. The lowest BCUT2D eigenvalue weighted by molar-refractivity contribution is -0.143. The van der Waals surface area contributed by atoms with E-state index >= 15 is 0 Å². The minimum atomic E-state index is -0.674. The van der Waals surface area contributed by atoms with Crippen molar-refractivity contribution in [1.29, 1.82) is 0 Å². The smallest absolute Gasteiger partial charge is 0.261 e. The molecule has 2 rings (SSSR count). The Morgan fingerprint density at radius 3 is 2.35 bits per heavy atom. The minimum Gasteiger partial charge on any atom is -0.484 e. The molecule has 7 heteroatoms. The molecule has 0 heterocycles. The van der Waals surface area contributed by atoms with Crippen LogP contribution in [0.2, 0.25) is 0 Å². The van der Waals surface area contributed by atoms with Gasteiger partial charge >= 0.3 is 0 Å². The van der Waals surface area contributed by atoms with Crippen molar-refractivity contribution in [2.45, 2.75) is 59.2 Å². The number of benzene rings is 2. The standard InChI is InChI=1S/C24H30BrFN2O3/c1-6-21(23(30)27-24(3,4)5)28(14-17-7-9-18(26)10-8-17)22(29)15-31-19-11-12-20(25)16(2)13-19/h7-13,21H,6,14-15H2,1-5H3,(H,27,30)/t21-/m0/s1. The van der Waals surface area contributed by atoms with Crippen LogP contribution in [0.4, 0.5) is 4.39 Å². The van der Waals surface area contributed by atoms with Gasteiger partial charge in [0, 0.05) is 16.6 Å². The van der Waals surface area contributed by atoms with E-state index in [0.717, 1.165) is 15.6 Å². The second-order valence-corrected chi connectivity index (χ2v) is 9.37. The molecule has 0 aliphatic heterocycles. The van der Waals surface area contributed by atoms with Gasteiger partial charge < -0.3 is 15.0 Å². The Kier molecular flexibility index (Phi) is 8.62. The third-order valence-electron chi connectivity index (χ3n) is 4.64. The molecule has 0 aliphatic rings. The predicted molar refractivity (Wildman–Crippen MR) is 123 cm³/mol. The van der Waals surface area contributed by atoms with Crippen molar-refractivity contribution < 1.29 is 18.7 Å². The molecule has 1 atom stereocenters. The number of carbonyl (C=O) groups excluding carboxylic acids is 2. The van der Waals surface area contributed by atoms with Crippen molar-refractivity contribution >= 4 is 27.7 Å². The van der Waals surface area contributed by atoms with Crippen molar-refractivity contribution in [2.75, 3.05) is 6.61 Å². The second kappa shape index (κ2) is 10.8. The fourth-order valence-electron chi connectivity index (χ4n) is 3.09. The van der Waals surface area contributed by atoms with Gasteiger partial charge in [0.05, 0.1) is 0 Å². The Morgan fingerprint density at radius 1 is 1.16 bits per heavy atom. The van der Waals surface area contributed by atoms with Gasteiger partial charge in [-0.15, -0.1) is 0 Å². The molecule has 0 radical (unpaired) electrons. The number of nitrogens with zero attached hydrogens (tertiary/aromatic N) is 1. The van der Waals surface area contributed by atoms with Crippen LogP contribution in [0.3, 0.4) is 0 Å². The van der Waals surface area contributed by atoms with E-state index in [-0.39, 0.29) is 30.8 Å². The Balaban J connectivity index is 2.23. The van der Waals surface area contributed by atoms with Crippen LogP contribution in [0.5, 0.6) is 5.75 Å². The zero-order valence-electron chi connectivity index (χ0n) is 18.7. The lowest BCUT2D eigenvalue weighted by Crippen LogP contribution is -2.54. The molecule has 168 valence electrons. The lowest BCUT2D eigenvalue weighted by Gasteiger charge is -2.33. The highest BCUT2D eigenvalue weighted by Crippen LogP contribution is 2.22. The number of aryl methyl sites for hydroxylation is 1. The Labute approximate surface area is 192 Å². The Bertz CT molecular complexity index is 910. The summed E-state index contributed by atoms with van der Waals surface area (Å²) < 4.78 is 20.0. The van der Waals surface area contributed by atoms with Crippen LogP contribution >= 0.6 is 15.9 Å². The van der Waals surface area contributed by atoms with Crippen molar-refractivity contribution in [3.8, 4) is 5.75 Å². The minimum absolute atomic E-state index is 0.178. The van der Waals surface area contributed by atoms with Gasteiger partial charge in [0.1, 0.15) is 17.6 Å². The van der Waals surface area contributed by atoms with Gasteiger partial charge in [-0.25, -0.2) is 4.39 Å². The number of ether oxygens (including phenoxy) is 1. The van der Waals surface area contributed by atoms with Crippen LogP contribution in [-0.4, -0.2) is 34.9 Å². The maximum atomic E-state index is 13.3. The second-order valence-electron chi connectivity index (χ2n) is 8.51. The van der Waals surface area contributed by atoms with Gasteiger partial charge in [-0.1, -0.05) is 35.0 Å². The van der Waals surface area contributed by atoms with E-state index in [2.05, 4.69) is 21.2 Å². The fourth-order valence-corrected chi connectivity index (χ4v) is 3.34. The normalized spacial score (nSPS) is 12.2. The van der Waals surface area contributed by atoms with E-state index in [4.69, 9.17) is 4.74 Å². The molecule has 0 saturated carbocycles. The van der Waals surface area contributed by atoms with Crippen molar-refractivity contribution in [1.82, 2.24) is 10.2 Å². The molecule has 2 amide bonds. The highest BCUT2D eigenvalue weighted by Gasteiger charge is 2.30. The highest BCUT2D eigenvalue weighted by molar-refractivity contribution is 9.10. The van der Waals surface area contributed by atoms with Crippen LogP contribution in [-0.2, 0) is 16.1 Å². The summed E-state index contributed by atoms with van der Waals surface area (Å²) in [6, 6.07) is 10.7. The van der Waals surface area contributed by atoms with Gasteiger partial charge in [0.25, 0.3) is 5.91 Å². The van der Waals surface area contributed by atoms with E-state index in [1.807, 2.05) is 46.8 Å². The molecular weight excluding hydrogens is 463 g/mol. The fraction of sp³-hybridized carbons (Fsp3) is 0.417. The van der Waals surface area contributed by atoms with Crippen molar-refractivity contribution in [3.05, 3.63) is 63.9 Å². The van der Waals surface area contributed by atoms with Gasteiger partial charge in [-0.3, -0.25) is 9.59 Å². The first kappa shape index (κ1) is 24.9. The molecule has 0 saturated heterocycles. The molecule has 1 N–H and O–H groups in total. The number of nitrogens with one attached hydrogen (secondary N) is 1. The summed E-state index contributed by atoms with van der Waals surface area (Å²) in [7, 11) is 0. The summed E-state index contributed by atoms with van der Waals surface area (Å²) in [4.78, 5) is 27.6. The van der Waals surface area contributed by atoms with Gasteiger partial charge in [0.2, 0.25) is 5.91 Å². The third kappa shape index (κ3) is 7.65. The molecule has 0 aromatic heterocycles. The van der Waals surface area contributed by atoms with E-state index in [0.29, 0.717) is 12.2 Å². The van der Waals surface area contributed by atoms with Crippen LogP contribution in [0.1, 0.15) is 45.2 Å². The van der Waals surface area contributed by atoms with Crippen LogP contribution in [0, 0.1) is 12.7 Å². The van der Waals surface area contributed by atoms with Crippen molar-refractivity contribution in [2.24, 2.45) is 0 Å². The average molecular weight is 493 g/mol. The van der Waals surface area contributed by atoms with E-state index < -0.39 is 11.6 Å². The Hall–Kier alpha value is -2.41. The zero-order chi connectivity index (χ0) is 23.2. The highest BCUT2D eigenvalue weighted by atomic mass is 79.9. The number of rotatable bonds is 8. The summed E-state index contributed by atoms with van der Waals surface area (Å²) in [5.74, 6) is -0.332. The molecule has 0 aliphatic carbocycles. The molecule has 0 bridgehead atoms. The summed E-state index contributed by atoms with van der Waals surface area (Å²) in [6.07, 6.45) is 0.437. The van der Waals surface area contributed by atoms with Crippen LogP contribution in [0.25, 0.3) is 0 Å². The van der Waals surface area contributed by atoms with Crippen LogP contribution in [0.15, 0.2) is 46.9 Å². The molecule has 2 aromatic rings. The zero-order valence-corrected chi connectivity index (χ0v) is 20.3. The first-order chi connectivity index (χ1) is 14.5. The SMILES string of the molecule is CC[C@@H](C(=O)NC(C)(C)C)N(Cc1ccc(F)cc1)C(=O)COc1ccc(Br)c(C)c1. The lowest BCUT2D eigenvalue weighted by atomic mass is 10.1. The molecule has 2 aromatic carbocycles. The third-order valence-corrected chi connectivity index (χ3v) is 5.53. The first-order valence-electron chi connectivity index (χ1n) is 10.2. The molecule has 0 fully saturated rings. The molecule has 0 unspecified atom stereocenters. The summed E-state index contributed by atoms with van der Waals surface area (Å²) in [5.41, 5.74) is 1.29. The average Bonchev–Trinajstić information content (AvgIpc) is 2.68. The van der Waals surface area contributed by atoms with E-state index in [9.17, 15) is 14.0 Å².